The van der Waals surface area contributed by atoms with Crippen molar-refractivity contribution in [2.45, 2.75) is 26.2 Å². The Morgan fingerprint density at radius 2 is 1.70 bits per heavy atom. The lowest BCUT2D eigenvalue weighted by atomic mass is 9.83. The molecule has 0 aliphatic rings. The standard InChI is InChI=1S/C24H27N3O5S/c1-24(2,3)20-13-17(19-14-25-23(29)26-22(19)28)12-16(21(20)32-4)9-6-15-7-10-18(11-8-15)27-33(5,30)31/h6-14,27H,1-5H3,(H2,25,26,28,29)/b9-6+. The van der Waals surface area contributed by atoms with Crippen LogP contribution in [0.2, 0.25) is 0 Å². The van der Waals surface area contributed by atoms with E-state index in [-0.39, 0.29) is 5.41 Å². The number of hydrogen-bond acceptors (Lipinski definition) is 5. The van der Waals surface area contributed by atoms with E-state index in [1.807, 2.05) is 45.1 Å². The number of H-pyrrole nitrogens is 2. The van der Waals surface area contributed by atoms with Crippen LogP contribution in [-0.4, -0.2) is 31.8 Å². The second-order valence-corrected chi connectivity index (χ2v) is 10.5. The molecule has 0 bridgehead atoms. The van der Waals surface area contributed by atoms with Crippen molar-refractivity contribution >= 4 is 27.9 Å². The molecule has 1 heterocycles. The van der Waals surface area contributed by atoms with Crippen molar-refractivity contribution in [3.8, 4) is 16.9 Å². The molecule has 0 saturated carbocycles. The first-order valence-electron chi connectivity index (χ1n) is 10.2. The number of nitrogens with one attached hydrogen (secondary N) is 3. The molecule has 0 unspecified atom stereocenters. The first-order chi connectivity index (χ1) is 15.4. The zero-order valence-corrected chi connectivity index (χ0v) is 20.0. The summed E-state index contributed by atoms with van der Waals surface area (Å²) in [6, 6.07) is 10.6. The Morgan fingerprint density at radius 3 is 2.24 bits per heavy atom. The van der Waals surface area contributed by atoms with E-state index >= 15 is 0 Å². The van der Waals surface area contributed by atoms with Crippen LogP contribution in [0.1, 0.15) is 37.5 Å². The third-order valence-corrected chi connectivity index (χ3v) is 5.54. The molecule has 33 heavy (non-hydrogen) atoms. The first-order valence-corrected chi connectivity index (χ1v) is 12.1. The Balaban J connectivity index is 2.10. The van der Waals surface area contributed by atoms with Gasteiger partial charge in [-0.05, 0) is 40.8 Å². The summed E-state index contributed by atoms with van der Waals surface area (Å²) in [6.07, 6.45) is 6.24. The number of sulfonamides is 1. The van der Waals surface area contributed by atoms with Crippen molar-refractivity contribution in [3.05, 3.63) is 80.1 Å². The van der Waals surface area contributed by atoms with E-state index in [9.17, 15) is 18.0 Å². The average Bonchev–Trinajstić information content (AvgIpc) is 2.71. The van der Waals surface area contributed by atoms with E-state index in [4.69, 9.17) is 4.74 Å². The molecule has 0 radical (unpaired) electrons. The smallest absolute Gasteiger partial charge is 0.325 e. The number of benzene rings is 2. The summed E-state index contributed by atoms with van der Waals surface area (Å²) in [4.78, 5) is 28.6. The molecule has 2 aromatic carbocycles. The molecule has 0 spiro atoms. The van der Waals surface area contributed by atoms with Gasteiger partial charge >= 0.3 is 5.69 Å². The molecule has 1 aromatic heterocycles. The van der Waals surface area contributed by atoms with Crippen LogP contribution in [0.3, 0.4) is 0 Å². The zero-order chi connectivity index (χ0) is 24.4. The second kappa shape index (κ2) is 9.11. The summed E-state index contributed by atoms with van der Waals surface area (Å²) >= 11 is 0. The molecule has 3 rings (SSSR count). The van der Waals surface area contributed by atoms with Gasteiger partial charge in [0, 0.05) is 23.0 Å². The van der Waals surface area contributed by atoms with E-state index in [2.05, 4.69) is 14.7 Å². The van der Waals surface area contributed by atoms with E-state index in [0.29, 0.717) is 22.6 Å². The summed E-state index contributed by atoms with van der Waals surface area (Å²) < 4.78 is 30.9. The van der Waals surface area contributed by atoms with Gasteiger partial charge in [0.2, 0.25) is 10.0 Å². The highest BCUT2D eigenvalue weighted by Gasteiger charge is 2.23. The fraction of sp³-hybridized carbons (Fsp3) is 0.250. The van der Waals surface area contributed by atoms with Crippen LogP contribution in [0, 0.1) is 0 Å². The first kappa shape index (κ1) is 24.1. The van der Waals surface area contributed by atoms with Crippen molar-refractivity contribution in [2.75, 3.05) is 18.1 Å². The Kier molecular flexibility index (Phi) is 6.64. The van der Waals surface area contributed by atoms with Gasteiger partial charge in [0.1, 0.15) is 5.75 Å². The number of aromatic nitrogens is 2. The topological polar surface area (TPSA) is 121 Å². The normalized spacial score (nSPS) is 12.2. The van der Waals surface area contributed by atoms with Gasteiger partial charge in [0.15, 0.2) is 0 Å². The van der Waals surface area contributed by atoms with Gasteiger partial charge in [-0.25, -0.2) is 13.2 Å². The molecule has 174 valence electrons. The van der Waals surface area contributed by atoms with Crippen LogP contribution < -0.4 is 20.7 Å². The van der Waals surface area contributed by atoms with Crippen LogP contribution >= 0.6 is 0 Å². The van der Waals surface area contributed by atoms with Gasteiger partial charge in [-0.3, -0.25) is 14.5 Å². The van der Waals surface area contributed by atoms with Crippen LogP contribution in [0.25, 0.3) is 23.3 Å². The summed E-state index contributed by atoms with van der Waals surface area (Å²) in [5.74, 6) is 0.679. The van der Waals surface area contributed by atoms with Gasteiger partial charge in [0.25, 0.3) is 5.56 Å². The number of rotatable bonds is 6. The van der Waals surface area contributed by atoms with Crippen molar-refractivity contribution in [2.24, 2.45) is 0 Å². The average molecular weight is 470 g/mol. The summed E-state index contributed by atoms with van der Waals surface area (Å²) in [6.45, 7) is 6.15. The molecule has 0 fully saturated rings. The number of methoxy groups -OCH3 is 1. The van der Waals surface area contributed by atoms with Gasteiger partial charge in [-0.1, -0.05) is 45.1 Å². The fourth-order valence-electron chi connectivity index (χ4n) is 3.40. The molecule has 0 atom stereocenters. The lowest BCUT2D eigenvalue weighted by Gasteiger charge is -2.24. The SMILES string of the molecule is COc1c(/C=C/c2ccc(NS(C)(=O)=O)cc2)cc(-c2c[nH]c(=O)[nH]c2=O)cc1C(C)(C)C. The predicted molar refractivity (Wildman–Crippen MR) is 132 cm³/mol. The van der Waals surface area contributed by atoms with Crippen molar-refractivity contribution in [3.63, 3.8) is 0 Å². The monoisotopic (exact) mass is 469 g/mol. The summed E-state index contributed by atoms with van der Waals surface area (Å²) in [7, 11) is -1.75. The molecular weight excluding hydrogens is 442 g/mol. The molecule has 0 aliphatic carbocycles. The van der Waals surface area contributed by atoms with Crippen LogP contribution in [0.4, 0.5) is 5.69 Å². The van der Waals surface area contributed by atoms with Gasteiger partial charge in [-0.2, -0.15) is 0 Å². The zero-order valence-electron chi connectivity index (χ0n) is 19.1. The van der Waals surface area contributed by atoms with Crippen LogP contribution in [0.15, 0.2) is 52.2 Å². The highest BCUT2D eigenvalue weighted by atomic mass is 32.2. The Labute approximate surface area is 192 Å². The van der Waals surface area contributed by atoms with Gasteiger partial charge < -0.3 is 9.72 Å². The maximum atomic E-state index is 12.4. The van der Waals surface area contributed by atoms with Crippen molar-refractivity contribution in [1.29, 1.82) is 0 Å². The molecule has 9 heteroatoms. The number of hydrogen-bond donors (Lipinski definition) is 3. The molecular formula is C24H27N3O5S. The maximum absolute atomic E-state index is 12.4. The highest BCUT2D eigenvalue weighted by molar-refractivity contribution is 7.92. The van der Waals surface area contributed by atoms with E-state index in [1.165, 1.54) is 6.20 Å². The van der Waals surface area contributed by atoms with Crippen LogP contribution in [-0.2, 0) is 15.4 Å². The van der Waals surface area contributed by atoms with Gasteiger partial charge in [0.05, 0.1) is 18.9 Å². The lowest BCUT2D eigenvalue weighted by Crippen LogP contribution is -2.23. The van der Waals surface area contributed by atoms with E-state index < -0.39 is 21.3 Å². The van der Waals surface area contributed by atoms with Crippen molar-refractivity contribution in [1.82, 2.24) is 9.97 Å². The lowest BCUT2D eigenvalue weighted by molar-refractivity contribution is 0.397. The minimum Gasteiger partial charge on any atom is -0.496 e. The number of ether oxygens (including phenoxy) is 1. The quantitative estimate of drug-likeness (QED) is 0.477. The minimum absolute atomic E-state index is 0.280. The maximum Gasteiger partial charge on any atom is 0.325 e. The summed E-state index contributed by atoms with van der Waals surface area (Å²) in [5, 5.41) is 0. The summed E-state index contributed by atoms with van der Waals surface area (Å²) in [5.41, 5.74) is 2.64. The second-order valence-electron chi connectivity index (χ2n) is 8.71. The fourth-order valence-corrected chi connectivity index (χ4v) is 3.97. The number of anilines is 1. The Hall–Kier alpha value is -3.59. The molecule has 0 saturated heterocycles. The number of aromatic amines is 2. The van der Waals surface area contributed by atoms with E-state index in [1.54, 1.807) is 31.4 Å². The third-order valence-electron chi connectivity index (χ3n) is 4.93. The van der Waals surface area contributed by atoms with Crippen molar-refractivity contribution < 1.29 is 13.2 Å². The molecule has 3 N–H and O–H groups in total. The highest BCUT2D eigenvalue weighted by Crippen LogP contribution is 2.38. The third kappa shape index (κ3) is 6.01. The minimum atomic E-state index is -3.35. The largest absolute Gasteiger partial charge is 0.496 e. The van der Waals surface area contributed by atoms with Crippen LogP contribution in [0.5, 0.6) is 5.75 Å². The molecule has 3 aromatic rings. The Morgan fingerprint density at radius 1 is 1.03 bits per heavy atom. The molecule has 8 nitrogen and oxygen atoms in total. The molecule has 0 aliphatic heterocycles. The predicted octanol–water partition coefficient (Wildman–Crippen LogP) is 3.58. The van der Waals surface area contributed by atoms with E-state index in [0.717, 1.165) is 22.9 Å². The Bertz CT molecular complexity index is 1410. The van der Waals surface area contributed by atoms with Gasteiger partial charge in [-0.15, -0.1) is 0 Å². The molecule has 0 amide bonds.